The van der Waals surface area contributed by atoms with E-state index in [1.54, 1.807) is 25.3 Å². The molecule has 118 valence electrons. The van der Waals surface area contributed by atoms with Gasteiger partial charge in [-0.2, -0.15) is 5.26 Å². The minimum Gasteiger partial charge on any atom is -0.493 e. The maximum atomic E-state index is 11.9. The molecule has 0 atom stereocenters. The monoisotopic (exact) mass is 304 g/mol. The van der Waals surface area contributed by atoms with Crippen molar-refractivity contribution >= 4 is 12.0 Å². The highest BCUT2D eigenvalue weighted by Gasteiger charge is 2.10. The Bertz CT molecular complexity index is 576. The van der Waals surface area contributed by atoms with Crippen LogP contribution < -0.4 is 14.8 Å². The molecule has 1 N–H and O–H groups in total. The fraction of sp³-hybridized carbons (Fsp3) is 0.375. The predicted molar refractivity (Wildman–Crippen MR) is 82.6 cm³/mol. The zero-order chi connectivity index (χ0) is 16.4. The molecular formula is C16H20N2O4. The molecule has 0 saturated carbocycles. The van der Waals surface area contributed by atoms with Gasteiger partial charge in [-0.15, -0.1) is 0 Å². The largest absolute Gasteiger partial charge is 0.493 e. The first-order valence-electron chi connectivity index (χ1n) is 6.86. The molecule has 22 heavy (non-hydrogen) atoms. The van der Waals surface area contributed by atoms with Gasteiger partial charge < -0.3 is 19.5 Å². The number of amides is 1. The van der Waals surface area contributed by atoms with Crippen molar-refractivity contribution in [2.75, 3.05) is 34.0 Å². The van der Waals surface area contributed by atoms with Crippen LogP contribution in [0.3, 0.4) is 0 Å². The Morgan fingerprint density at radius 1 is 1.36 bits per heavy atom. The Morgan fingerprint density at radius 2 is 2.14 bits per heavy atom. The van der Waals surface area contributed by atoms with E-state index in [1.165, 1.54) is 13.2 Å². The first-order chi connectivity index (χ1) is 10.7. The Labute approximate surface area is 130 Å². The van der Waals surface area contributed by atoms with Crippen molar-refractivity contribution in [2.45, 2.75) is 6.92 Å². The third-order valence-electron chi connectivity index (χ3n) is 2.76. The Morgan fingerprint density at radius 3 is 2.73 bits per heavy atom. The van der Waals surface area contributed by atoms with Gasteiger partial charge in [0.1, 0.15) is 11.6 Å². The van der Waals surface area contributed by atoms with E-state index in [2.05, 4.69) is 5.32 Å². The summed E-state index contributed by atoms with van der Waals surface area (Å²) in [5.74, 6) is 0.727. The number of nitrogens with one attached hydrogen (secondary N) is 1. The topological polar surface area (TPSA) is 80.6 Å². The van der Waals surface area contributed by atoms with Crippen molar-refractivity contribution in [1.29, 1.82) is 5.26 Å². The van der Waals surface area contributed by atoms with Gasteiger partial charge in [-0.1, -0.05) is 6.07 Å². The zero-order valence-corrected chi connectivity index (χ0v) is 13.0. The van der Waals surface area contributed by atoms with Gasteiger partial charge in [0, 0.05) is 13.7 Å². The second kappa shape index (κ2) is 9.42. The predicted octanol–water partition coefficient (Wildman–Crippen LogP) is 1.76. The van der Waals surface area contributed by atoms with E-state index in [0.29, 0.717) is 36.8 Å². The maximum Gasteiger partial charge on any atom is 0.262 e. The van der Waals surface area contributed by atoms with Gasteiger partial charge in [0.25, 0.3) is 5.91 Å². The average molecular weight is 304 g/mol. The Hall–Kier alpha value is -2.52. The lowest BCUT2D eigenvalue weighted by atomic mass is 10.1. The first kappa shape index (κ1) is 17.5. The number of nitrogens with zero attached hydrogens (tertiary/aromatic N) is 1. The van der Waals surface area contributed by atoms with Crippen molar-refractivity contribution in [3.63, 3.8) is 0 Å². The fourth-order valence-corrected chi connectivity index (χ4v) is 1.73. The van der Waals surface area contributed by atoms with Crippen LogP contribution in [-0.4, -0.2) is 39.9 Å². The van der Waals surface area contributed by atoms with Crippen LogP contribution in [0.2, 0.25) is 0 Å². The minimum absolute atomic E-state index is 0.0160. The summed E-state index contributed by atoms with van der Waals surface area (Å²) >= 11 is 0. The second-order valence-corrected chi connectivity index (χ2v) is 4.26. The van der Waals surface area contributed by atoms with Gasteiger partial charge in [0.05, 0.1) is 20.3 Å². The van der Waals surface area contributed by atoms with Crippen molar-refractivity contribution in [3.8, 4) is 17.6 Å². The molecule has 1 amide bonds. The molecule has 0 aliphatic heterocycles. The molecule has 1 aromatic carbocycles. The molecular weight excluding hydrogens is 284 g/mol. The second-order valence-electron chi connectivity index (χ2n) is 4.26. The molecule has 6 nitrogen and oxygen atoms in total. The maximum absolute atomic E-state index is 11.9. The van der Waals surface area contributed by atoms with Gasteiger partial charge in [0.2, 0.25) is 0 Å². The summed E-state index contributed by atoms with van der Waals surface area (Å²) < 4.78 is 15.5. The van der Waals surface area contributed by atoms with Crippen molar-refractivity contribution in [2.24, 2.45) is 0 Å². The summed E-state index contributed by atoms with van der Waals surface area (Å²) in [6.45, 7) is 3.14. The van der Waals surface area contributed by atoms with Crippen molar-refractivity contribution in [1.82, 2.24) is 5.32 Å². The SMILES string of the molecule is CCOc1ccc(/C=C(\C#N)C(=O)NCCOC)cc1OC. The highest BCUT2D eigenvalue weighted by atomic mass is 16.5. The summed E-state index contributed by atoms with van der Waals surface area (Å²) in [5, 5.41) is 11.7. The van der Waals surface area contributed by atoms with Crippen LogP contribution in [0.4, 0.5) is 0 Å². The van der Waals surface area contributed by atoms with Gasteiger partial charge in [-0.25, -0.2) is 0 Å². The van der Waals surface area contributed by atoms with Crippen LogP contribution in [0, 0.1) is 11.3 Å². The highest BCUT2D eigenvalue weighted by Crippen LogP contribution is 2.28. The number of rotatable bonds is 8. The van der Waals surface area contributed by atoms with E-state index >= 15 is 0 Å². The molecule has 0 aliphatic carbocycles. The van der Waals surface area contributed by atoms with Crippen LogP contribution in [0.15, 0.2) is 23.8 Å². The van der Waals surface area contributed by atoms with E-state index in [0.717, 1.165) is 0 Å². The molecule has 6 heteroatoms. The zero-order valence-electron chi connectivity index (χ0n) is 13.0. The van der Waals surface area contributed by atoms with E-state index in [9.17, 15) is 4.79 Å². The average Bonchev–Trinajstić information content (AvgIpc) is 2.54. The molecule has 0 radical (unpaired) electrons. The molecule has 0 heterocycles. The summed E-state index contributed by atoms with van der Waals surface area (Å²) in [6.07, 6.45) is 1.50. The lowest BCUT2D eigenvalue weighted by molar-refractivity contribution is -0.117. The highest BCUT2D eigenvalue weighted by molar-refractivity contribution is 6.01. The van der Waals surface area contributed by atoms with Crippen LogP contribution in [0.1, 0.15) is 12.5 Å². The van der Waals surface area contributed by atoms with Crippen molar-refractivity contribution < 1.29 is 19.0 Å². The molecule has 1 rings (SSSR count). The number of nitriles is 1. The molecule has 0 aromatic heterocycles. The molecule has 0 fully saturated rings. The molecule has 0 unspecified atom stereocenters. The van der Waals surface area contributed by atoms with Crippen LogP contribution in [-0.2, 0) is 9.53 Å². The van der Waals surface area contributed by atoms with E-state index in [1.807, 2.05) is 13.0 Å². The lowest BCUT2D eigenvalue weighted by Gasteiger charge is -2.10. The van der Waals surface area contributed by atoms with Gasteiger partial charge in [-0.3, -0.25) is 4.79 Å². The molecule has 0 aliphatic rings. The quantitative estimate of drug-likeness (QED) is 0.450. The third kappa shape index (κ3) is 5.11. The van der Waals surface area contributed by atoms with Gasteiger partial charge in [0.15, 0.2) is 11.5 Å². The number of carbonyl (C=O) groups excluding carboxylic acids is 1. The van der Waals surface area contributed by atoms with Crippen LogP contribution in [0.25, 0.3) is 6.08 Å². The molecule has 0 bridgehead atoms. The van der Waals surface area contributed by atoms with Gasteiger partial charge in [-0.05, 0) is 30.7 Å². The molecule has 0 spiro atoms. The summed E-state index contributed by atoms with van der Waals surface area (Å²) in [5.41, 5.74) is 0.695. The van der Waals surface area contributed by atoms with Gasteiger partial charge >= 0.3 is 0 Å². The summed E-state index contributed by atoms with van der Waals surface area (Å²) in [4.78, 5) is 11.9. The van der Waals surface area contributed by atoms with Crippen LogP contribution >= 0.6 is 0 Å². The Balaban J connectivity index is 2.93. The number of hydrogen-bond donors (Lipinski definition) is 1. The lowest BCUT2D eigenvalue weighted by Crippen LogP contribution is -2.27. The van der Waals surface area contributed by atoms with Crippen molar-refractivity contribution in [3.05, 3.63) is 29.3 Å². The standard InChI is InChI=1S/C16H20N2O4/c1-4-22-14-6-5-12(10-15(14)21-3)9-13(11-17)16(19)18-7-8-20-2/h5-6,9-10H,4,7-8H2,1-3H3,(H,18,19)/b13-9+. The van der Waals surface area contributed by atoms with E-state index in [4.69, 9.17) is 19.5 Å². The number of methoxy groups -OCH3 is 2. The third-order valence-corrected chi connectivity index (χ3v) is 2.76. The van der Waals surface area contributed by atoms with E-state index < -0.39 is 5.91 Å². The van der Waals surface area contributed by atoms with Crippen LogP contribution in [0.5, 0.6) is 11.5 Å². The number of hydrogen-bond acceptors (Lipinski definition) is 5. The first-order valence-corrected chi connectivity index (χ1v) is 6.86. The number of carbonyl (C=O) groups is 1. The molecule has 0 saturated heterocycles. The molecule has 1 aromatic rings. The number of ether oxygens (including phenoxy) is 3. The fourth-order valence-electron chi connectivity index (χ4n) is 1.73. The minimum atomic E-state index is -0.438. The number of benzene rings is 1. The normalized spacial score (nSPS) is 10.7. The summed E-state index contributed by atoms with van der Waals surface area (Å²) in [7, 11) is 3.08. The summed E-state index contributed by atoms with van der Waals surface area (Å²) in [6, 6.07) is 7.10. The smallest absolute Gasteiger partial charge is 0.262 e. The Kier molecular flexibility index (Phi) is 7.51. The van der Waals surface area contributed by atoms with E-state index in [-0.39, 0.29) is 5.57 Å².